The molecule has 0 aliphatic carbocycles. The van der Waals surface area contributed by atoms with Gasteiger partial charge in [-0.3, -0.25) is 14.9 Å². The summed E-state index contributed by atoms with van der Waals surface area (Å²) in [4.78, 5) is 35.6. The van der Waals surface area contributed by atoms with Gasteiger partial charge in [-0.05, 0) is 12.8 Å². The van der Waals surface area contributed by atoms with E-state index >= 15 is 0 Å². The van der Waals surface area contributed by atoms with Gasteiger partial charge in [-0.15, -0.1) is 0 Å². The predicted molar refractivity (Wildman–Crippen MR) is 53.8 cm³/mol. The molecule has 0 unspecified atom stereocenters. The third-order valence-corrected chi connectivity index (χ3v) is 3.11. The van der Waals surface area contributed by atoms with Crippen molar-refractivity contribution in [2.75, 3.05) is 13.1 Å². The first-order valence-electron chi connectivity index (χ1n) is 5.40. The van der Waals surface area contributed by atoms with Gasteiger partial charge in [0, 0.05) is 19.5 Å². The quantitative estimate of drug-likeness (QED) is 0.589. The van der Waals surface area contributed by atoms with Crippen molar-refractivity contribution in [2.24, 2.45) is 0 Å². The third kappa shape index (κ3) is 1.80. The molecule has 0 aromatic heterocycles. The van der Waals surface area contributed by atoms with Crippen LogP contribution in [0.4, 0.5) is 0 Å². The van der Waals surface area contributed by atoms with Crippen molar-refractivity contribution < 1.29 is 19.5 Å². The molecule has 0 saturated carbocycles. The second kappa shape index (κ2) is 4.21. The lowest BCUT2D eigenvalue weighted by molar-refractivity contribution is -0.149. The Bertz CT molecular complexity index is 342. The third-order valence-electron chi connectivity index (χ3n) is 3.11. The SMILES string of the molecule is O=C1CCN[C@@H]1C(=O)N1CCC[C@H]1C(=O)O. The lowest BCUT2D eigenvalue weighted by Gasteiger charge is -2.23. The molecule has 0 spiro atoms. The number of carbonyl (C=O) groups is 3. The average molecular weight is 226 g/mol. The van der Waals surface area contributed by atoms with E-state index in [-0.39, 0.29) is 11.7 Å². The molecule has 16 heavy (non-hydrogen) atoms. The van der Waals surface area contributed by atoms with Crippen molar-refractivity contribution in [2.45, 2.75) is 31.3 Å². The molecule has 0 aromatic rings. The van der Waals surface area contributed by atoms with Crippen molar-refractivity contribution >= 4 is 17.7 Å². The molecule has 2 fully saturated rings. The standard InChI is InChI=1S/C10H14N2O4/c13-7-3-4-11-8(7)9(14)12-5-1-2-6(12)10(15)16/h6,8,11H,1-5H2,(H,15,16)/t6-,8-/m0/s1. The minimum atomic E-state index is -0.990. The number of carboxylic acids is 1. The first-order chi connectivity index (χ1) is 7.61. The number of rotatable bonds is 2. The van der Waals surface area contributed by atoms with Crippen molar-refractivity contribution in [3.05, 3.63) is 0 Å². The molecule has 2 atom stereocenters. The summed E-state index contributed by atoms with van der Waals surface area (Å²) in [6.45, 7) is 0.933. The fourth-order valence-electron chi connectivity index (χ4n) is 2.28. The number of hydrogen-bond donors (Lipinski definition) is 2. The molecule has 88 valence electrons. The van der Waals surface area contributed by atoms with E-state index in [1.54, 1.807) is 0 Å². The molecule has 0 aromatic carbocycles. The van der Waals surface area contributed by atoms with Gasteiger partial charge in [0.2, 0.25) is 5.91 Å². The Hall–Kier alpha value is -1.43. The van der Waals surface area contributed by atoms with Gasteiger partial charge in [0.05, 0.1) is 0 Å². The van der Waals surface area contributed by atoms with Gasteiger partial charge in [0.1, 0.15) is 12.1 Å². The summed E-state index contributed by atoms with van der Waals surface area (Å²) in [6, 6.07) is -1.58. The summed E-state index contributed by atoms with van der Waals surface area (Å²) in [5, 5.41) is 11.8. The van der Waals surface area contributed by atoms with E-state index < -0.39 is 18.1 Å². The van der Waals surface area contributed by atoms with Crippen LogP contribution in [0.3, 0.4) is 0 Å². The number of carboxylic acid groups (broad SMARTS) is 1. The molecular weight excluding hydrogens is 212 g/mol. The van der Waals surface area contributed by atoms with Crippen LogP contribution in [0, 0.1) is 0 Å². The van der Waals surface area contributed by atoms with Crippen LogP contribution in [-0.4, -0.2) is 52.8 Å². The van der Waals surface area contributed by atoms with Gasteiger partial charge in [-0.1, -0.05) is 0 Å². The van der Waals surface area contributed by atoms with Crippen LogP contribution in [0.15, 0.2) is 0 Å². The summed E-state index contributed by atoms with van der Waals surface area (Å²) in [7, 11) is 0. The van der Waals surface area contributed by atoms with Gasteiger partial charge in [0.25, 0.3) is 0 Å². The monoisotopic (exact) mass is 226 g/mol. The average Bonchev–Trinajstić information content (AvgIpc) is 2.84. The Balaban J connectivity index is 2.09. The molecule has 2 aliphatic heterocycles. The van der Waals surface area contributed by atoms with E-state index in [9.17, 15) is 14.4 Å². The fraction of sp³-hybridized carbons (Fsp3) is 0.700. The van der Waals surface area contributed by atoms with E-state index in [2.05, 4.69) is 5.32 Å². The van der Waals surface area contributed by atoms with Gasteiger partial charge < -0.3 is 10.0 Å². The predicted octanol–water partition coefficient (Wildman–Crippen LogP) is -1.01. The van der Waals surface area contributed by atoms with E-state index in [0.717, 1.165) is 0 Å². The highest BCUT2D eigenvalue weighted by atomic mass is 16.4. The van der Waals surface area contributed by atoms with Crippen molar-refractivity contribution in [3.63, 3.8) is 0 Å². The molecule has 2 heterocycles. The van der Waals surface area contributed by atoms with Crippen molar-refractivity contribution in [1.29, 1.82) is 0 Å². The second-order valence-electron chi connectivity index (χ2n) is 4.13. The number of likely N-dealkylation sites (tertiary alicyclic amines) is 1. The smallest absolute Gasteiger partial charge is 0.326 e. The highest BCUT2D eigenvalue weighted by Crippen LogP contribution is 2.19. The number of amides is 1. The van der Waals surface area contributed by atoms with Crippen LogP contribution in [-0.2, 0) is 14.4 Å². The Morgan fingerprint density at radius 2 is 2.19 bits per heavy atom. The van der Waals surface area contributed by atoms with Crippen LogP contribution in [0.1, 0.15) is 19.3 Å². The molecule has 1 amide bonds. The Kier molecular flexibility index (Phi) is 2.91. The summed E-state index contributed by atoms with van der Waals surface area (Å²) in [6.07, 6.45) is 1.51. The zero-order valence-corrected chi connectivity index (χ0v) is 8.81. The molecule has 2 N–H and O–H groups in total. The first kappa shape index (κ1) is 11.1. The maximum absolute atomic E-state index is 12.0. The van der Waals surface area contributed by atoms with E-state index in [1.165, 1.54) is 4.90 Å². The number of aliphatic carboxylic acids is 1. The number of nitrogens with zero attached hydrogens (tertiary/aromatic N) is 1. The van der Waals surface area contributed by atoms with Gasteiger partial charge in [0.15, 0.2) is 5.78 Å². The van der Waals surface area contributed by atoms with Crippen LogP contribution >= 0.6 is 0 Å². The lowest BCUT2D eigenvalue weighted by atomic mass is 10.1. The second-order valence-corrected chi connectivity index (χ2v) is 4.13. The lowest BCUT2D eigenvalue weighted by Crippen LogP contribution is -2.50. The Labute approximate surface area is 92.6 Å². The number of Topliss-reactive ketones (excluding diaryl/α,β-unsaturated/α-hetero) is 1. The van der Waals surface area contributed by atoms with Gasteiger partial charge >= 0.3 is 5.97 Å². The number of carbonyl (C=O) groups excluding carboxylic acids is 2. The van der Waals surface area contributed by atoms with Crippen molar-refractivity contribution in [3.8, 4) is 0 Å². The van der Waals surface area contributed by atoms with Gasteiger partial charge in [-0.2, -0.15) is 0 Å². The molecule has 6 nitrogen and oxygen atoms in total. The summed E-state index contributed by atoms with van der Waals surface area (Å²) < 4.78 is 0. The van der Waals surface area contributed by atoms with E-state index in [4.69, 9.17) is 5.11 Å². The molecule has 2 saturated heterocycles. The van der Waals surface area contributed by atoms with Crippen molar-refractivity contribution in [1.82, 2.24) is 10.2 Å². The number of nitrogens with one attached hydrogen (secondary N) is 1. The van der Waals surface area contributed by atoms with Crippen LogP contribution in [0.2, 0.25) is 0 Å². The first-order valence-corrected chi connectivity index (χ1v) is 5.40. The summed E-state index contributed by atoms with van der Waals surface area (Å²) in [5.74, 6) is -1.51. The zero-order valence-electron chi connectivity index (χ0n) is 8.81. The fourth-order valence-corrected chi connectivity index (χ4v) is 2.28. The normalized spacial score (nSPS) is 29.8. The minimum absolute atomic E-state index is 0.138. The maximum Gasteiger partial charge on any atom is 0.326 e. The molecule has 0 radical (unpaired) electrons. The number of hydrogen-bond acceptors (Lipinski definition) is 4. The van der Waals surface area contributed by atoms with Crippen LogP contribution in [0.25, 0.3) is 0 Å². The Morgan fingerprint density at radius 3 is 2.75 bits per heavy atom. The van der Waals surface area contributed by atoms with E-state index in [0.29, 0.717) is 32.4 Å². The molecule has 2 aliphatic rings. The Morgan fingerprint density at radius 1 is 1.44 bits per heavy atom. The van der Waals surface area contributed by atoms with E-state index in [1.807, 2.05) is 0 Å². The van der Waals surface area contributed by atoms with Crippen LogP contribution < -0.4 is 5.32 Å². The highest BCUT2D eigenvalue weighted by molar-refractivity contribution is 6.07. The maximum atomic E-state index is 12.0. The molecular formula is C10H14N2O4. The topological polar surface area (TPSA) is 86.7 Å². The molecule has 6 heteroatoms. The molecule has 2 rings (SSSR count). The minimum Gasteiger partial charge on any atom is -0.480 e. The summed E-state index contributed by atoms with van der Waals surface area (Å²) in [5.41, 5.74) is 0. The highest BCUT2D eigenvalue weighted by Gasteiger charge is 2.40. The number of ketones is 1. The summed E-state index contributed by atoms with van der Waals surface area (Å²) >= 11 is 0. The largest absolute Gasteiger partial charge is 0.480 e. The van der Waals surface area contributed by atoms with Crippen LogP contribution in [0.5, 0.6) is 0 Å². The van der Waals surface area contributed by atoms with Gasteiger partial charge in [-0.25, -0.2) is 4.79 Å². The molecule has 0 bridgehead atoms. The zero-order chi connectivity index (χ0) is 11.7.